The first-order valence-electron chi connectivity index (χ1n) is 12.4. The van der Waals surface area contributed by atoms with Gasteiger partial charge in [0.2, 0.25) is 0 Å². The van der Waals surface area contributed by atoms with Gasteiger partial charge in [0.15, 0.2) is 0 Å². The van der Waals surface area contributed by atoms with Crippen LogP contribution >= 0.6 is 0 Å². The highest BCUT2D eigenvalue weighted by Gasteiger charge is 2.29. The van der Waals surface area contributed by atoms with E-state index in [9.17, 15) is 0 Å². The van der Waals surface area contributed by atoms with Gasteiger partial charge in [-0.2, -0.15) is 0 Å². The Labute approximate surface area is 199 Å². The summed E-state index contributed by atoms with van der Waals surface area (Å²) in [6.07, 6.45) is 9.62. The minimum atomic E-state index is -1.48. The first kappa shape index (κ1) is 22.0. The van der Waals surface area contributed by atoms with Gasteiger partial charge in [-0.25, -0.2) is 0 Å². The number of nitrogens with zero attached hydrogens (tertiary/aromatic N) is 2. The molecular formula is C30H34N2Si. The van der Waals surface area contributed by atoms with Gasteiger partial charge in [0.25, 0.3) is 0 Å². The summed E-state index contributed by atoms with van der Waals surface area (Å²) in [7, 11) is -1.48. The lowest BCUT2D eigenvalue weighted by Gasteiger charge is -2.28. The molecule has 1 fully saturated rings. The van der Waals surface area contributed by atoms with Crippen LogP contribution in [0.1, 0.15) is 44.1 Å². The van der Waals surface area contributed by atoms with Crippen molar-refractivity contribution in [2.75, 3.05) is 0 Å². The Kier molecular flexibility index (Phi) is 5.92. The predicted octanol–water partition coefficient (Wildman–Crippen LogP) is 7.80. The van der Waals surface area contributed by atoms with Crippen molar-refractivity contribution >= 4 is 24.0 Å². The molecule has 1 atom stereocenters. The van der Waals surface area contributed by atoms with Crippen LogP contribution in [0.3, 0.4) is 0 Å². The van der Waals surface area contributed by atoms with Crippen LogP contribution in [0.15, 0.2) is 73.1 Å². The third kappa shape index (κ3) is 4.52. The molecule has 1 aliphatic carbocycles. The molecule has 4 aromatic rings. The van der Waals surface area contributed by atoms with Crippen LogP contribution in [-0.2, 0) is 0 Å². The molecule has 2 nitrogen and oxygen atoms in total. The minimum absolute atomic E-state index is 0.595. The summed E-state index contributed by atoms with van der Waals surface area (Å²) >= 11 is 0. The van der Waals surface area contributed by atoms with E-state index in [0.717, 1.165) is 28.4 Å². The van der Waals surface area contributed by atoms with E-state index in [-0.39, 0.29) is 0 Å². The van der Waals surface area contributed by atoms with Gasteiger partial charge in [-0.05, 0) is 70.5 Å². The molecule has 0 radical (unpaired) electrons. The fourth-order valence-electron chi connectivity index (χ4n) is 5.44. The molecule has 0 spiro atoms. The van der Waals surface area contributed by atoms with Gasteiger partial charge in [-0.1, -0.05) is 75.8 Å². The van der Waals surface area contributed by atoms with Crippen LogP contribution in [0.5, 0.6) is 0 Å². The third-order valence-corrected chi connectivity index (χ3v) is 9.48. The van der Waals surface area contributed by atoms with Gasteiger partial charge in [0, 0.05) is 23.5 Å². The fourth-order valence-corrected chi connectivity index (χ4v) is 7.06. The van der Waals surface area contributed by atoms with Crippen LogP contribution in [-0.4, -0.2) is 18.0 Å². The Hall–Kier alpha value is -2.78. The lowest BCUT2D eigenvalue weighted by molar-refractivity contribution is 0.462. The van der Waals surface area contributed by atoms with Crippen LogP contribution in [0.4, 0.5) is 0 Å². The lowest BCUT2D eigenvalue weighted by atomic mass is 9.86. The van der Waals surface area contributed by atoms with Crippen LogP contribution in [0, 0.1) is 5.92 Å². The number of hydrogen-bond donors (Lipinski definition) is 0. The molecule has 2 heterocycles. The van der Waals surface area contributed by atoms with Crippen molar-refractivity contribution in [3.63, 3.8) is 0 Å². The smallest absolute Gasteiger partial charge is 0.0799 e. The summed E-state index contributed by atoms with van der Waals surface area (Å²) in [6.45, 7) is 9.78. The second kappa shape index (κ2) is 8.87. The maximum absolute atomic E-state index is 4.98. The highest BCUT2D eigenvalue weighted by atomic mass is 28.3. The van der Waals surface area contributed by atoms with Gasteiger partial charge < -0.3 is 0 Å². The Bertz CT molecular complexity index is 1280. The van der Waals surface area contributed by atoms with E-state index < -0.39 is 8.07 Å². The molecule has 5 rings (SSSR count). The summed E-state index contributed by atoms with van der Waals surface area (Å²) in [5, 5.41) is 4.02. The molecule has 3 heteroatoms. The van der Waals surface area contributed by atoms with E-state index in [0.29, 0.717) is 5.92 Å². The molecule has 0 N–H and O–H groups in total. The monoisotopic (exact) mass is 450 g/mol. The summed E-state index contributed by atoms with van der Waals surface area (Å²) < 4.78 is 0. The van der Waals surface area contributed by atoms with E-state index in [1.807, 2.05) is 6.20 Å². The molecule has 0 saturated heterocycles. The van der Waals surface area contributed by atoms with Crippen LogP contribution in [0.25, 0.3) is 33.3 Å². The normalized spacial score (nSPS) is 15.8. The molecule has 0 bridgehead atoms. The molecule has 0 amide bonds. The minimum Gasteiger partial charge on any atom is -0.256 e. The quantitative estimate of drug-likeness (QED) is 0.290. The van der Waals surface area contributed by atoms with E-state index in [1.165, 1.54) is 47.2 Å². The maximum atomic E-state index is 4.98. The van der Waals surface area contributed by atoms with Crippen molar-refractivity contribution in [3.8, 4) is 22.5 Å². The van der Waals surface area contributed by atoms with Crippen molar-refractivity contribution in [3.05, 3.63) is 78.6 Å². The number of benzene rings is 2. The van der Waals surface area contributed by atoms with Gasteiger partial charge >= 0.3 is 0 Å². The molecular weight excluding hydrogens is 416 g/mol. The number of rotatable bonds is 5. The third-order valence-electron chi connectivity index (χ3n) is 7.44. The molecule has 2 aromatic heterocycles. The van der Waals surface area contributed by atoms with E-state index >= 15 is 0 Å². The predicted molar refractivity (Wildman–Crippen MR) is 144 cm³/mol. The first-order chi connectivity index (χ1) is 15.9. The second-order valence-corrected chi connectivity index (χ2v) is 15.8. The fraction of sp³-hybridized carbons (Fsp3) is 0.333. The zero-order valence-corrected chi connectivity index (χ0v) is 21.3. The molecule has 33 heavy (non-hydrogen) atoms. The largest absolute Gasteiger partial charge is 0.256 e. The zero-order chi connectivity index (χ0) is 23.0. The molecule has 2 aromatic carbocycles. The number of fused-ring (bicyclic) bond motifs is 1. The van der Waals surface area contributed by atoms with Gasteiger partial charge in [0.1, 0.15) is 0 Å². The van der Waals surface area contributed by atoms with Gasteiger partial charge in [0.05, 0.1) is 19.5 Å². The summed E-state index contributed by atoms with van der Waals surface area (Å²) in [5.74, 6) is 1.40. The SMILES string of the molecule is CC(c1cc(-c2ccnc(-c3ccc4ccccc4c3)c2)ncc1[Si](C)(C)C)C1CCCC1. The van der Waals surface area contributed by atoms with Crippen molar-refractivity contribution in [1.29, 1.82) is 0 Å². The van der Waals surface area contributed by atoms with Crippen molar-refractivity contribution in [1.82, 2.24) is 9.97 Å². The van der Waals surface area contributed by atoms with Crippen LogP contribution < -0.4 is 5.19 Å². The molecule has 1 aliphatic rings. The molecule has 1 saturated carbocycles. The van der Waals surface area contributed by atoms with Crippen molar-refractivity contribution in [2.45, 2.75) is 58.2 Å². The Morgan fingerprint density at radius 3 is 2.24 bits per heavy atom. The number of pyridine rings is 2. The summed E-state index contributed by atoms with van der Waals surface area (Å²) in [4.78, 5) is 9.68. The summed E-state index contributed by atoms with van der Waals surface area (Å²) in [5.41, 5.74) is 5.90. The Morgan fingerprint density at radius 1 is 0.788 bits per heavy atom. The average molecular weight is 451 g/mol. The molecule has 0 aliphatic heterocycles. The van der Waals surface area contributed by atoms with E-state index in [4.69, 9.17) is 9.97 Å². The van der Waals surface area contributed by atoms with Crippen molar-refractivity contribution in [2.24, 2.45) is 5.92 Å². The average Bonchev–Trinajstić information content (AvgIpc) is 3.37. The first-order valence-corrected chi connectivity index (χ1v) is 15.9. The summed E-state index contributed by atoms with van der Waals surface area (Å²) in [6, 6.07) is 21.8. The highest BCUT2D eigenvalue weighted by molar-refractivity contribution is 6.89. The van der Waals surface area contributed by atoms with Gasteiger partial charge in [-0.3, -0.25) is 9.97 Å². The topological polar surface area (TPSA) is 25.8 Å². The Balaban J connectivity index is 1.55. The molecule has 168 valence electrons. The van der Waals surface area contributed by atoms with E-state index in [1.54, 1.807) is 0 Å². The zero-order valence-electron chi connectivity index (χ0n) is 20.3. The number of aromatic nitrogens is 2. The van der Waals surface area contributed by atoms with E-state index in [2.05, 4.69) is 93.4 Å². The standard InChI is InChI=1S/C30H34N2Si/c1-21(22-9-5-6-10-22)27-19-29(32-20-30(27)33(2,3)4)26-15-16-31-28(18-26)25-14-13-23-11-7-8-12-24(23)17-25/h7-8,11-22H,5-6,9-10H2,1-4H3. The highest BCUT2D eigenvalue weighted by Crippen LogP contribution is 2.38. The molecule has 1 unspecified atom stereocenters. The van der Waals surface area contributed by atoms with Gasteiger partial charge in [-0.15, -0.1) is 0 Å². The number of hydrogen-bond acceptors (Lipinski definition) is 2. The Morgan fingerprint density at radius 2 is 1.48 bits per heavy atom. The van der Waals surface area contributed by atoms with Crippen molar-refractivity contribution < 1.29 is 0 Å². The second-order valence-electron chi connectivity index (χ2n) is 10.7. The lowest BCUT2D eigenvalue weighted by Crippen LogP contribution is -2.41. The maximum Gasteiger partial charge on any atom is 0.0799 e. The van der Waals surface area contributed by atoms with Crippen LogP contribution in [0.2, 0.25) is 19.6 Å².